The Kier molecular flexibility index (Phi) is 8.01. The van der Waals surface area contributed by atoms with Crippen molar-refractivity contribution in [1.29, 1.82) is 0 Å². The number of piperidine rings is 3. The summed E-state index contributed by atoms with van der Waals surface area (Å²) in [5, 5.41) is 0. The molecule has 27 heavy (non-hydrogen) atoms. The third kappa shape index (κ3) is 5.93. The van der Waals surface area contributed by atoms with Gasteiger partial charge in [-0.1, -0.05) is 13.3 Å². The molecule has 3 saturated heterocycles. The van der Waals surface area contributed by atoms with E-state index < -0.39 is 0 Å². The Morgan fingerprint density at radius 3 is 2.00 bits per heavy atom. The highest BCUT2D eigenvalue weighted by molar-refractivity contribution is 5.79. The van der Waals surface area contributed by atoms with E-state index >= 15 is 0 Å². The molecule has 3 aliphatic heterocycles. The fraction of sp³-hybridized carbons (Fsp3) is 0.957. The van der Waals surface area contributed by atoms with Crippen LogP contribution in [0, 0.1) is 17.8 Å². The van der Waals surface area contributed by atoms with Crippen LogP contribution in [-0.2, 0) is 4.79 Å². The highest BCUT2D eigenvalue weighted by Gasteiger charge is 2.31. The molecule has 3 fully saturated rings. The second-order valence-corrected chi connectivity index (χ2v) is 9.65. The summed E-state index contributed by atoms with van der Waals surface area (Å²) in [4.78, 5) is 20.3. The van der Waals surface area contributed by atoms with E-state index in [-0.39, 0.29) is 0 Å². The minimum atomic E-state index is 0.300. The van der Waals surface area contributed by atoms with Gasteiger partial charge in [0.1, 0.15) is 0 Å². The average molecular weight is 378 g/mol. The summed E-state index contributed by atoms with van der Waals surface area (Å²) < 4.78 is 0. The first-order chi connectivity index (χ1) is 13.1. The Morgan fingerprint density at radius 2 is 1.44 bits per heavy atom. The van der Waals surface area contributed by atoms with Gasteiger partial charge in [0.25, 0.3) is 0 Å². The highest BCUT2D eigenvalue weighted by atomic mass is 16.2. The van der Waals surface area contributed by atoms with Gasteiger partial charge in [0, 0.05) is 25.0 Å². The first-order valence-corrected chi connectivity index (χ1v) is 11.8. The topological polar surface area (TPSA) is 26.8 Å². The first kappa shape index (κ1) is 21.1. The molecule has 0 N–H and O–H groups in total. The van der Waals surface area contributed by atoms with Gasteiger partial charge in [-0.15, -0.1) is 0 Å². The zero-order valence-corrected chi connectivity index (χ0v) is 18.2. The SMILES string of the molecule is CCC1CCN(C(=O)C2CCN(CCC3CCN(C(C)C)CC3)CC2)CC1. The molecule has 3 aliphatic rings. The van der Waals surface area contributed by atoms with Crippen molar-refractivity contribution in [3.8, 4) is 0 Å². The number of rotatable bonds is 6. The maximum atomic E-state index is 12.8. The number of hydrogen-bond donors (Lipinski definition) is 0. The van der Waals surface area contributed by atoms with Gasteiger partial charge in [-0.05, 0) is 103 Å². The summed E-state index contributed by atoms with van der Waals surface area (Å²) in [6, 6.07) is 0.704. The fourth-order valence-corrected chi connectivity index (χ4v) is 5.35. The van der Waals surface area contributed by atoms with E-state index in [1.807, 2.05) is 0 Å². The molecule has 0 aliphatic carbocycles. The van der Waals surface area contributed by atoms with Crippen LogP contribution in [0.5, 0.6) is 0 Å². The maximum Gasteiger partial charge on any atom is 0.225 e. The number of amides is 1. The van der Waals surface area contributed by atoms with Gasteiger partial charge in [0.2, 0.25) is 5.91 Å². The number of hydrogen-bond acceptors (Lipinski definition) is 3. The van der Waals surface area contributed by atoms with Crippen molar-refractivity contribution in [3.63, 3.8) is 0 Å². The Bertz CT molecular complexity index is 443. The normalized spacial score (nSPS) is 25.4. The van der Waals surface area contributed by atoms with Crippen molar-refractivity contribution >= 4 is 5.91 Å². The van der Waals surface area contributed by atoms with E-state index in [9.17, 15) is 4.79 Å². The van der Waals surface area contributed by atoms with Crippen LogP contribution < -0.4 is 0 Å². The monoisotopic (exact) mass is 377 g/mol. The summed E-state index contributed by atoms with van der Waals surface area (Å²) in [6.07, 6.45) is 9.98. The lowest BCUT2D eigenvalue weighted by molar-refractivity contribution is -0.138. The Hall–Kier alpha value is -0.610. The molecule has 0 bridgehead atoms. The molecule has 0 unspecified atom stereocenters. The first-order valence-electron chi connectivity index (χ1n) is 11.8. The molecule has 0 atom stereocenters. The fourth-order valence-electron chi connectivity index (χ4n) is 5.35. The van der Waals surface area contributed by atoms with Crippen molar-refractivity contribution in [2.75, 3.05) is 45.8 Å². The van der Waals surface area contributed by atoms with Crippen LogP contribution in [0.15, 0.2) is 0 Å². The van der Waals surface area contributed by atoms with Crippen LogP contribution in [-0.4, -0.2) is 72.5 Å². The van der Waals surface area contributed by atoms with Crippen molar-refractivity contribution in [2.24, 2.45) is 17.8 Å². The average Bonchev–Trinajstić information content (AvgIpc) is 2.72. The minimum absolute atomic E-state index is 0.300. The third-order valence-corrected chi connectivity index (χ3v) is 7.67. The number of likely N-dealkylation sites (tertiary alicyclic amines) is 3. The minimum Gasteiger partial charge on any atom is -0.342 e. The Balaban J connectivity index is 1.32. The van der Waals surface area contributed by atoms with Crippen LogP contribution in [0.2, 0.25) is 0 Å². The second kappa shape index (κ2) is 10.2. The van der Waals surface area contributed by atoms with Crippen LogP contribution in [0.3, 0.4) is 0 Å². The zero-order valence-electron chi connectivity index (χ0n) is 18.2. The van der Waals surface area contributed by atoms with Gasteiger partial charge in [-0.25, -0.2) is 0 Å². The van der Waals surface area contributed by atoms with Gasteiger partial charge in [-0.2, -0.15) is 0 Å². The molecular weight excluding hydrogens is 334 g/mol. The van der Waals surface area contributed by atoms with E-state index in [0.29, 0.717) is 17.9 Å². The molecule has 0 aromatic heterocycles. The number of carbonyl (C=O) groups is 1. The van der Waals surface area contributed by atoms with Crippen molar-refractivity contribution in [3.05, 3.63) is 0 Å². The molecule has 0 aromatic carbocycles. The van der Waals surface area contributed by atoms with Gasteiger partial charge in [-0.3, -0.25) is 4.79 Å². The molecule has 0 saturated carbocycles. The highest BCUT2D eigenvalue weighted by Crippen LogP contribution is 2.26. The molecule has 0 radical (unpaired) electrons. The lowest BCUT2D eigenvalue weighted by Gasteiger charge is -2.38. The van der Waals surface area contributed by atoms with E-state index in [2.05, 4.69) is 35.5 Å². The molecule has 3 heterocycles. The lowest BCUT2D eigenvalue weighted by Crippen LogP contribution is -2.45. The molecule has 0 spiro atoms. The Morgan fingerprint density at radius 1 is 0.852 bits per heavy atom. The zero-order chi connectivity index (χ0) is 19.2. The van der Waals surface area contributed by atoms with Crippen LogP contribution in [0.25, 0.3) is 0 Å². The molecule has 3 rings (SSSR count). The van der Waals surface area contributed by atoms with Gasteiger partial charge in [0.15, 0.2) is 0 Å². The predicted molar refractivity (Wildman–Crippen MR) is 113 cm³/mol. The summed E-state index contributed by atoms with van der Waals surface area (Å²) in [7, 11) is 0. The summed E-state index contributed by atoms with van der Waals surface area (Å²) in [5.41, 5.74) is 0. The standard InChI is InChI=1S/C23H43N3O/c1-4-20-6-17-26(18-7-20)23(27)22-10-13-24(14-11-22)12-5-21-8-15-25(16-9-21)19(2)3/h19-22H,4-18H2,1-3H3. The molecule has 0 aromatic rings. The maximum absolute atomic E-state index is 12.8. The summed E-state index contributed by atoms with van der Waals surface area (Å²) in [5.74, 6) is 2.53. The van der Waals surface area contributed by atoms with E-state index in [1.54, 1.807) is 0 Å². The van der Waals surface area contributed by atoms with Gasteiger partial charge in [0.05, 0.1) is 0 Å². The molecule has 4 heteroatoms. The van der Waals surface area contributed by atoms with Crippen molar-refractivity contribution < 1.29 is 4.79 Å². The molecule has 4 nitrogen and oxygen atoms in total. The van der Waals surface area contributed by atoms with Crippen LogP contribution in [0.1, 0.15) is 72.1 Å². The largest absolute Gasteiger partial charge is 0.342 e. The molecule has 1 amide bonds. The van der Waals surface area contributed by atoms with Crippen LogP contribution in [0.4, 0.5) is 0 Å². The summed E-state index contributed by atoms with van der Waals surface area (Å²) in [6.45, 7) is 15.0. The second-order valence-electron chi connectivity index (χ2n) is 9.65. The van der Waals surface area contributed by atoms with E-state index in [0.717, 1.165) is 50.9 Å². The predicted octanol–water partition coefficient (Wildman–Crippen LogP) is 3.86. The molecular formula is C23H43N3O. The quantitative estimate of drug-likeness (QED) is 0.703. The smallest absolute Gasteiger partial charge is 0.225 e. The van der Waals surface area contributed by atoms with E-state index in [4.69, 9.17) is 0 Å². The number of carbonyl (C=O) groups excluding carboxylic acids is 1. The number of nitrogens with zero attached hydrogens (tertiary/aromatic N) is 3. The third-order valence-electron chi connectivity index (χ3n) is 7.67. The van der Waals surface area contributed by atoms with E-state index in [1.165, 1.54) is 58.2 Å². The Labute approximate surface area is 167 Å². The van der Waals surface area contributed by atoms with Crippen molar-refractivity contribution in [1.82, 2.24) is 14.7 Å². The van der Waals surface area contributed by atoms with Gasteiger partial charge >= 0.3 is 0 Å². The summed E-state index contributed by atoms with van der Waals surface area (Å²) >= 11 is 0. The van der Waals surface area contributed by atoms with Crippen LogP contribution >= 0.6 is 0 Å². The van der Waals surface area contributed by atoms with Crippen molar-refractivity contribution in [2.45, 2.75) is 78.2 Å². The lowest BCUT2D eigenvalue weighted by atomic mass is 9.90. The van der Waals surface area contributed by atoms with Gasteiger partial charge < -0.3 is 14.7 Å². The molecule has 156 valence electrons.